The van der Waals surface area contributed by atoms with Gasteiger partial charge in [-0.2, -0.15) is 0 Å². The van der Waals surface area contributed by atoms with Gasteiger partial charge in [-0.05, 0) is 78.4 Å². The fourth-order valence-electron chi connectivity index (χ4n) is 3.05. The molecular weight excluding hydrogens is 515 g/mol. The molecule has 1 saturated heterocycles. The van der Waals surface area contributed by atoms with E-state index in [1.165, 1.54) is 11.8 Å². The topological polar surface area (TPSA) is 59.9 Å². The van der Waals surface area contributed by atoms with Crippen LogP contribution in [0.3, 0.4) is 0 Å². The molecule has 0 aromatic heterocycles. The Kier molecular flexibility index (Phi) is 8.06. The summed E-state index contributed by atoms with van der Waals surface area (Å²) in [5.74, 6) is 0.980. The van der Waals surface area contributed by atoms with Crippen LogP contribution < -0.4 is 14.8 Å². The van der Waals surface area contributed by atoms with Crippen LogP contribution >= 0.6 is 46.6 Å². The lowest BCUT2D eigenvalue weighted by molar-refractivity contribution is -0.115. The summed E-state index contributed by atoms with van der Waals surface area (Å²) in [5.41, 5.74) is 2.39. The van der Waals surface area contributed by atoms with Crippen LogP contribution in [0.25, 0.3) is 6.08 Å². The van der Waals surface area contributed by atoms with E-state index in [4.69, 9.17) is 44.3 Å². The Morgan fingerprint density at radius 1 is 0.941 bits per heavy atom. The van der Waals surface area contributed by atoms with Crippen LogP contribution in [0, 0.1) is 0 Å². The van der Waals surface area contributed by atoms with Gasteiger partial charge in [-0.25, -0.2) is 4.99 Å². The monoisotopic (exact) mass is 532 g/mol. The molecule has 0 unspecified atom stereocenters. The smallest absolute Gasteiger partial charge is 0.264 e. The maximum Gasteiger partial charge on any atom is 0.264 e. The van der Waals surface area contributed by atoms with Crippen molar-refractivity contribution in [3.63, 3.8) is 0 Å². The van der Waals surface area contributed by atoms with Crippen LogP contribution in [0.1, 0.15) is 18.1 Å². The highest BCUT2D eigenvalue weighted by Crippen LogP contribution is 2.34. The molecule has 0 radical (unpaired) electrons. The summed E-state index contributed by atoms with van der Waals surface area (Å²) in [6.45, 7) is 2.76. The van der Waals surface area contributed by atoms with Gasteiger partial charge in [0.1, 0.15) is 6.61 Å². The Hall–Kier alpha value is -2.64. The lowest BCUT2D eigenvalue weighted by Crippen LogP contribution is -2.19. The number of amidine groups is 1. The number of ether oxygens (including phenoxy) is 2. The van der Waals surface area contributed by atoms with Crippen molar-refractivity contribution < 1.29 is 14.3 Å². The first kappa shape index (κ1) is 24.5. The average Bonchev–Trinajstić information content (AvgIpc) is 3.15. The van der Waals surface area contributed by atoms with Crippen molar-refractivity contribution in [2.24, 2.45) is 4.99 Å². The van der Waals surface area contributed by atoms with Crippen LogP contribution in [0.15, 0.2) is 70.6 Å². The molecule has 1 heterocycles. The number of amides is 1. The molecule has 9 heteroatoms. The molecule has 174 valence electrons. The van der Waals surface area contributed by atoms with E-state index in [2.05, 4.69) is 10.3 Å². The van der Waals surface area contributed by atoms with Gasteiger partial charge in [-0.15, -0.1) is 0 Å². The second-order valence-corrected chi connectivity index (χ2v) is 9.42. The predicted octanol–water partition coefficient (Wildman–Crippen LogP) is 7.52. The van der Waals surface area contributed by atoms with Gasteiger partial charge in [0.05, 0.1) is 27.2 Å². The summed E-state index contributed by atoms with van der Waals surface area (Å²) in [6.07, 6.45) is 1.78. The second-order valence-electron chi connectivity index (χ2n) is 7.13. The summed E-state index contributed by atoms with van der Waals surface area (Å²) in [5, 5.41) is 4.74. The number of hydrogen-bond acceptors (Lipinski definition) is 5. The molecule has 3 aromatic carbocycles. The largest absolute Gasteiger partial charge is 0.490 e. The third kappa shape index (κ3) is 6.27. The predicted molar refractivity (Wildman–Crippen MR) is 141 cm³/mol. The van der Waals surface area contributed by atoms with Gasteiger partial charge in [-0.1, -0.05) is 53.0 Å². The molecule has 0 spiro atoms. The molecule has 0 aliphatic carbocycles. The van der Waals surface area contributed by atoms with Crippen LogP contribution in [0.4, 0.5) is 5.69 Å². The number of benzene rings is 3. The van der Waals surface area contributed by atoms with Crippen LogP contribution in [-0.2, 0) is 11.4 Å². The Bertz CT molecular complexity index is 1280. The van der Waals surface area contributed by atoms with Crippen molar-refractivity contribution in [3.8, 4) is 11.5 Å². The van der Waals surface area contributed by atoms with Crippen molar-refractivity contribution >= 4 is 69.4 Å². The highest BCUT2D eigenvalue weighted by Gasteiger charge is 2.24. The molecule has 0 bridgehead atoms. The Morgan fingerprint density at radius 2 is 1.74 bits per heavy atom. The first-order valence-electron chi connectivity index (χ1n) is 10.3. The summed E-state index contributed by atoms with van der Waals surface area (Å²) in [4.78, 5) is 17.4. The summed E-state index contributed by atoms with van der Waals surface area (Å²) >= 11 is 19.2. The van der Waals surface area contributed by atoms with E-state index in [9.17, 15) is 4.79 Å². The van der Waals surface area contributed by atoms with Crippen LogP contribution in [-0.4, -0.2) is 17.7 Å². The molecular formula is C25H19Cl3N2O3S. The molecule has 4 rings (SSSR count). The molecule has 1 aliphatic heterocycles. The number of halogens is 3. The fraction of sp³-hybridized carbons (Fsp3) is 0.120. The molecule has 5 nitrogen and oxygen atoms in total. The normalized spacial score (nSPS) is 15.6. The standard InChI is InChI=1S/C25H19Cl3N2O3S/c1-2-32-22-11-16(5-10-21(22)33-14-15-3-6-17(26)7-4-15)12-23-24(31)30-25(34-23)29-18-8-9-19(27)20(28)13-18/h3-13H,2,14H2,1H3,(H,29,30,31). The zero-order valence-electron chi connectivity index (χ0n) is 18.0. The molecule has 0 atom stereocenters. The number of nitrogens with one attached hydrogen (secondary N) is 1. The Balaban J connectivity index is 1.50. The number of rotatable bonds is 7. The summed E-state index contributed by atoms with van der Waals surface area (Å²) < 4.78 is 11.7. The van der Waals surface area contributed by atoms with Crippen molar-refractivity contribution in [2.45, 2.75) is 13.5 Å². The lowest BCUT2D eigenvalue weighted by atomic mass is 10.2. The van der Waals surface area contributed by atoms with Crippen LogP contribution in [0.2, 0.25) is 15.1 Å². The van der Waals surface area contributed by atoms with E-state index in [1.807, 2.05) is 49.4 Å². The zero-order valence-corrected chi connectivity index (χ0v) is 21.1. The van der Waals surface area contributed by atoms with E-state index in [1.54, 1.807) is 24.3 Å². The quantitative estimate of drug-likeness (QED) is 0.319. The Labute approximate surface area is 216 Å². The van der Waals surface area contributed by atoms with Gasteiger partial charge in [0.2, 0.25) is 0 Å². The third-order valence-electron chi connectivity index (χ3n) is 4.66. The number of thioether (sulfide) groups is 1. The third-order valence-corrected chi connectivity index (χ3v) is 6.56. The number of carbonyl (C=O) groups is 1. The highest BCUT2D eigenvalue weighted by atomic mass is 35.5. The van der Waals surface area contributed by atoms with Gasteiger partial charge in [0.15, 0.2) is 16.7 Å². The number of nitrogens with zero attached hydrogens (tertiary/aromatic N) is 1. The van der Waals surface area contributed by atoms with E-state index >= 15 is 0 Å². The minimum atomic E-state index is -0.232. The van der Waals surface area contributed by atoms with Crippen LogP contribution in [0.5, 0.6) is 11.5 Å². The van der Waals surface area contributed by atoms with Gasteiger partial charge < -0.3 is 14.8 Å². The molecule has 0 saturated carbocycles. The van der Waals surface area contributed by atoms with E-state index in [-0.39, 0.29) is 5.91 Å². The first-order valence-corrected chi connectivity index (χ1v) is 12.2. The molecule has 1 aliphatic rings. The summed E-state index contributed by atoms with van der Waals surface area (Å²) in [7, 11) is 0. The molecule has 1 amide bonds. The van der Waals surface area contributed by atoms with Crippen molar-refractivity contribution in [1.82, 2.24) is 5.32 Å². The molecule has 3 aromatic rings. The SMILES string of the molecule is CCOc1cc(C=C2SC(=Nc3ccc(Cl)c(Cl)c3)NC2=O)ccc1OCc1ccc(Cl)cc1. The van der Waals surface area contributed by atoms with E-state index in [0.717, 1.165) is 11.1 Å². The molecule has 1 fully saturated rings. The number of aliphatic imine (C=N–C) groups is 1. The first-order chi connectivity index (χ1) is 16.4. The number of hydrogen-bond donors (Lipinski definition) is 1. The van der Waals surface area contributed by atoms with Gasteiger partial charge in [0.25, 0.3) is 5.91 Å². The minimum absolute atomic E-state index is 0.232. The zero-order chi connectivity index (χ0) is 24.1. The molecule has 34 heavy (non-hydrogen) atoms. The maximum absolute atomic E-state index is 12.5. The maximum atomic E-state index is 12.5. The van der Waals surface area contributed by atoms with Gasteiger partial charge in [-0.3, -0.25) is 4.79 Å². The molecule has 1 N–H and O–H groups in total. The minimum Gasteiger partial charge on any atom is -0.490 e. The average molecular weight is 534 g/mol. The van der Waals surface area contributed by atoms with E-state index < -0.39 is 0 Å². The lowest BCUT2D eigenvalue weighted by Gasteiger charge is -2.13. The Morgan fingerprint density at radius 3 is 2.47 bits per heavy atom. The highest BCUT2D eigenvalue weighted by molar-refractivity contribution is 8.18. The second kappa shape index (κ2) is 11.2. The van der Waals surface area contributed by atoms with Crippen molar-refractivity contribution in [2.75, 3.05) is 6.61 Å². The van der Waals surface area contributed by atoms with Gasteiger partial charge >= 0.3 is 0 Å². The van der Waals surface area contributed by atoms with Crippen molar-refractivity contribution in [1.29, 1.82) is 0 Å². The van der Waals surface area contributed by atoms with Gasteiger partial charge in [0, 0.05) is 5.02 Å². The van der Waals surface area contributed by atoms with Crippen molar-refractivity contribution in [3.05, 3.63) is 91.8 Å². The van der Waals surface area contributed by atoms with E-state index in [0.29, 0.717) is 55.5 Å². The number of carbonyl (C=O) groups excluding carboxylic acids is 1. The summed E-state index contributed by atoms with van der Waals surface area (Å²) in [6, 6.07) is 18.0. The fourth-order valence-corrected chi connectivity index (χ4v) is 4.31.